The molecular formula is C12H21O. The SMILES string of the molecule is CC(C)CC=[C]OC1CCCCC1. The van der Waals surface area contributed by atoms with E-state index in [0.717, 1.165) is 6.42 Å². The second-order valence-electron chi connectivity index (χ2n) is 4.33. The topological polar surface area (TPSA) is 9.23 Å². The summed E-state index contributed by atoms with van der Waals surface area (Å²) in [4.78, 5) is 0. The monoisotopic (exact) mass is 181 g/mol. The molecule has 0 spiro atoms. The number of rotatable bonds is 4. The quantitative estimate of drug-likeness (QED) is 0.601. The summed E-state index contributed by atoms with van der Waals surface area (Å²) in [5.41, 5.74) is 0. The highest BCUT2D eigenvalue weighted by Gasteiger charge is 2.12. The van der Waals surface area contributed by atoms with E-state index in [4.69, 9.17) is 4.74 Å². The second-order valence-corrected chi connectivity index (χ2v) is 4.33. The summed E-state index contributed by atoms with van der Waals surface area (Å²) in [5.74, 6) is 0.711. The third kappa shape index (κ3) is 4.97. The molecule has 0 bridgehead atoms. The molecular weight excluding hydrogens is 160 g/mol. The standard InChI is InChI=1S/C12H21O/c1-11(2)7-6-10-13-12-8-4-3-5-9-12/h6,11-12H,3-5,7-9H2,1-2H3. The van der Waals surface area contributed by atoms with Crippen LogP contribution < -0.4 is 0 Å². The van der Waals surface area contributed by atoms with Crippen molar-refractivity contribution in [2.45, 2.75) is 58.5 Å². The van der Waals surface area contributed by atoms with E-state index in [1.165, 1.54) is 32.1 Å². The van der Waals surface area contributed by atoms with Crippen LogP contribution in [-0.2, 0) is 4.74 Å². The van der Waals surface area contributed by atoms with Crippen LogP contribution in [0.1, 0.15) is 52.4 Å². The Morgan fingerprint density at radius 3 is 2.62 bits per heavy atom. The highest BCUT2D eigenvalue weighted by atomic mass is 16.5. The van der Waals surface area contributed by atoms with E-state index in [1.54, 1.807) is 0 Å². The average Bonchev–Trinajstić information content (AvgIpc) is 2.14. The lowest BCUT2D eigenvalue weighted by atomic mass is 9.98. The Kier molecular flexibility index (Phi) is 4.95. The first-order valence-electron chi connectivity index (χ1n) is 5.52. The zero-order valence-electron chi connectivity index (χ0n) is 8.88. The van der Waals surface area contributed by atoms with Crippen LogP contribution >= 0.6 is 0 Å². The van der Waals surface area contributed by atoms with Crippen LogP contribution in [0.3, 0.4) is 0 Å². The molecule has 0 amide bonds. The Morgan fingerprint density at radius 2 is 2.00 bits per heavy atom. The molecule has 0 aromatic rings. The molecule has 0 N–H and O–H groups in total. The minimum atomic E-state index is 0.456. The molecule has 1 saturated carbocycles. The van der Waals surface area contributed by atoms with Crippen LogP contribution in [0.2, 0.25) is 0 Å². The van der Waals surface area contributed by atoms with E-state index in [1.807, 2.05) is 6.08 Å². The van der Waals surface area contributed by atoms with Gasteiger partial charge in [-0.3, -0.25) is 0 Å². The molecule has 0 atom stereocenters. The number of hydrogen-bond acceptors (Lipinski definition) is 1. The van der Waals surface area contributed by atoms with Gasteiger partial charge in [-0.15, -0.1) is 0 Å². The fourth-order valence-electron chi connectivity index (χ4n) is 1.61. The van der Waals surface area contributed by atoms with Gasteiger partial charge in [0.1, 0.15) is 0 Å². The van der Waals surface area contributed by atoms with E-state index >= 15 is 0 Å². The molecule has 13 heavy (non-hydrogen) atoms. The minimum absolute atomic E-state index is 0.456. The predicted octanol–water partition coefficient (Wildman–Crippen LogP) is 3.70. The van der Waals surface area contributed by atoms with Gasteiger partial charge >= 0.3 is 0 Å². The first kappa shape index (κ1) is 10.6. The van der Waals surface area contributed by atoms with Crippen molar-refractivity contribution in [2.24, 2.45) is 5.92 Å². The summed E-state index contributed by atoms with van der Waals surface area (Å²) >= 11 is 0. The van der Waals surface area contributed by atoms with Gasteiger partial charge in [0.05, 0.1) is 6.10 Å². The molecule has 1 heteroatoms. The fourth-order valence-corrected chi connectivity index (χ4v) is 1.61. The normalized spacial score (nSPS) is 19.9. The van der Waals surface area contributed by atoms with Crippen molar-refractivity contribution >= 4 is 0 Å². The van der Waals surface area contributed by atoms with Gasteiger partial charge in [-0.2, -0.15) is 0 Å². The fraction of sp³-hybridized carbons (Fsp3) is 0.833. The largest absolute Gasteiger partial charge is 0.487 e. The Labute approximate surface area is 82.2 Å². The van der Waals surface area contributed by atoms with Crippen molar-refractivity contribution in [3.63, 3.8) is 0 Å². The van der Waals surface area contributed by atoms with Gasteiger partial charge in [-0.25, -0.2) is 0 Å². The van der Waals surface area contributed by atoms with Gasteiger partial charge in [-0.1, -0.05) is 20.3 Å². The number of ether oxygens (including phenoxy) is 1. The highest BCUT2D eigenvalue weighted by molar-refractivity contribution is 4.72. The molecule has 0 unspecified atom stereocenters. The molecule has 0 aliphatic heterocycles. The van der Waals surface area contributed by atoms with E-state index < -0.39 is 0 Å². The maximum Gasteiger partial charge on any atom is 0.157 e. The van der Waals surface area contributed by atoms with Gasteiger partial charge in [-0.05, 0) is 44.1 Å². The van der Waals surface area contributed by atoms with Gasteiger partial charge in [0, 0.05) is 0 Å². The second kappa shape index (κ2) is 6.06. The van der Waals surface area contributed by atoms with Crippen molar-refractivity contribution in [1.82, 2.24) is 0 Å². The van der Waals surface area contributed by atoms with Crippen molar-refractivity contribution in [3.8, 4) is 0 Å². The Morgan fingerprint density at radius 1 is 1.31 bits per heavy atom. The average molecular weight is 181 g/mol. The number of allylic oxidation sites excluding steroid dienone is 1. The zero-order chi connectivity index (χ0) is 9.52. The number of hydrogen-bond donors (Lipinski definition) is 0. The van der Waals surface area contributed by atoms with Gasteiger partial charge < -0.3 is 4.74 Å². The predicted molar refractivity (Wildman–Crippen MR) is 55.2 cm³/mol. The van der Waals surface area contributed by atoms with Crippen LogP contribution in [0.15, 0.2) is 6.08 Å². The van der Waals surface area contributed by atoms with Crippen molar-refractivity contribution in [2.75, 3.05) is 0 Å². The molecule has 1 fully saturated rings. The lowest BCUT2D eigenvalue weighted by Gasteiger charge is -2.20. The van der Waals surface area contributed by atoms with Crippen LogP contribution in [0.4, 0.5) is 0 Å². The van der Waals surface area contributed by atoms with Gasteiger partial charge in [0.25, 0.3) is 0 Å². The third-order valence-electron chi connectivity index (χ3n) is 2.46. The van der Waals surface area contributed by atoms with E-state index in [-0.39, 0.29) is 0 Å². The molecule has 0 heterocycles. The molecule has 0 saturated heterocycles. The molecule has 1 aliphatic carbocycles. The Bertz CT molecular complexity index is 143. The summed E-state index contributed by atoms with van der Waals surface area (Å²) in [6.07, 6.45) is 13.0. The summed E-state index contributed by atoms with van der Waals surface area (Å²) in [6.45, 7) is 4.41. The van der Waals surface area contributed by atoms with Crippen LogP contribution in [0, 0.1) is 12.2 Å². The minimum Gasteiger partial charge on any atom is -0.487 e. The third-order valence-corrected chi connectivity index (χ3v) is 2.46. The summed E-state index contributed by atoms with van der Waals surface area (Å²) in [5, 5.41) is 0. The Balaban J connectivity index is 2.06. The molecule has 1 nitrogen and oxygen atoms in total. The summed E-state index contributed by atoms with van der Waals surface area (Å²) < 4.78 is 5.53. The molecule has 1 rings (SSSR count). The first-order chi connectivity index (χ1) is 6.29. The van der Waals surface area contributed by atoms with Crippen LogP contribution in [0.25, 0.3) is 0 Å². The van der Waals surface area contributed by atoms with Gasteiger partial charge in [0.2, 0.25) is 0 Å². The van der Waals surface area contributed by atoms with Crippen LogP contribution in [0.5, 0.6) is 0 Å². The van der Waals surface area contributed by atoms with Crippen LogP contribution in [-0.4, -0.2) is 6.10 Å². The van der Waals surface area contributed by atoms with E-state index in [2.05, 4.69) is 20.1 Å². The summed E-state index contributed by atoms with van der Waals surface area (Å²) in [7, 11) is 0. The molecule has 1 radical (unpaired) electrons. The summed E-state index contributed by atoms with van der Waals surface area (Å²) in [6, 6.07) is 0. The lowest BCUT2D eigenvalue weighted by molar-refractivity contribution is 0.0913. The van der Waals surface area contributed by atoms with Crippen molar-refractivity contribution < 1.29 is 4.74 Å². The lowest BCUT2D eigenvalue weighted by Crippen LogP contribution is -2.13. The first-order valence-corrected chi connectivity index (χ1v) is 5.52. The zero-order valence-corrected chi connectivity index (χ0v) is 8.88. The van der Waals surface area contributed by atoms with Crippen molar-refractivity contribution in [3.05, 3.63) is 12.3 Å². The smallest absolute Gasteiger partial charge is 0.157 e. The Hall–Kier alpha value is -0.460. The molecule has 0 aromatic heterocycles. The highest BCUT2D eigenvalue weighted by Crippen LogP contribution is 2.20. The van der Waals surface area contributed by atoms with Gasteiger partial charge in [0.15, 0.2) is 6.26 Å². The molecule has 1 aliphatic rings. The van der Waals surface area contributed by atoms with E-state index in [0.29, 0.717) is 12.0 Å². The van der Waals surface area contributed by atoms with Crippen molar-refractivity contribution in [1.29, 1.82) is 0 Å². The maximum absolute atomic E-state index is 5.53. The maximum atomic E-state index is 5.53. The molecule has 0 aromatic carbocycles. The molecule has 75 valence electrons. The van der Waals surface area contributed by atoms with E-state index in [9.17, 15) is 0 Å².